The number of anilines is 1. The zero-order valence-corrected chi connectivity index (χ0v) is 21.5. The Morgan fingerprint density at radius 2 is 1.36 bits per heavy atom. The molecule has 0 aliphatic heterocycles. The van der Waals surface area contributed by atoms with E-state index in [0.717, 1.165) is 19.2 Å². The molecule has 1 amide bonds. The topological polar surface area (TPSA) is 74.7 Å². The van der Waals surface area contributed by atoms with Crippen LogP contribution in [-0.4, -0.2) is 46.2 Å². The van der Waals surface area contributed by atoms with Gasteiger partial charge >= 0.3 is 29.1 Å². The van der Waals surface area contributed by atoms with Crippen molar-refractivity contribution in [2.45, 2.75) is 49.3 Å². The summed E-state index contributed by atoms with van der Waals surface area (Å²) in [6, 6.07) is 10.7. The van der Waals surface area contributed by atoms with E-state index in [9.17, 15) is 40.7 Å². The molecule has 39 heavy (non-hydrogen) atoms. The van der Waals surface area contributed by atoms with E-state index in [1.54, 1.807) is 6.07 Å². The highest BCUT2D eigenvalue weighted by Crippen LogP contribution is 2.60. The third-order valence-electron chi connectivity index (χ3n) is 6.01. The van der Waals surface area contributed by atoms with Gasteiger partial charge in [0.1, 0.15) is 0 Å². The molecule has 1 atom stereocenters. The van der Waals surface area contributed by atoms with Crippen LogP contribution in [0.1, 0.15) is 36.7 Å². The Bertz CT molecular complexity index is 1390. The highest BCUT2D eigenvalue weighted by atomic mass is 35.5. The molecule has 0 aliphatic rings. The van der Waals surface area contributed by atoms with E-state index in [1.807, 2.05) is 0 Å². The molecule has 1 aromatic heterocycles. The van der Waals surface area contributed by atoms with Crippen LogP contribution in [0.25, 0.3) is 0 Å². The second-order valence-corrected chi connectivity index (χ2v) is 10.1. The van der Waals surface area contributed by atoms with Gasteiger partial charge in [0.05, 0.1) is 0 Å². The molecule has 2 aromatic carbocycles. The molecule has 0 saturated carbocycles. The van der Waals surface area contributed by atoms with Crippen LogP contribution >= 0.6 is 11.6 Å². The number of hydrazine groups is 1. The lowest BCUT2D eigenvalue weighted by Gasteiger charge is -2.53. The van der Waals surface area contributed by atoms with E-state index in [0.29, 0.717) is 17.1 Å². The molecular weight excluding hydrogens is 561 g/mol. The van der Waals surface area contributed by atoms with Gasteiger partial charge < -0.3 is 5.32 Å². The van der Waals surface area contributed by atoms with Crippen LogP contribution < -0.4 is 21.6 Å². The molecule has 0 radical (unpaired) electrons. The summed E-state index contributed by atoms with van der Waals surface area (Å²) in [6.07, 6.45) is -13.4. The van der Waals surface area contributed by atoms with E-state index >= 15 is 4.39 Å². The molecule has 3 rings (SSSR count). The smallest absolute Gasteiger partial charge is 0.322 e. The second kappa shape index (κ2) is 9.66. The molecule has 0 bridgehead atoms. The number of hydrogen-bond donors (Lipinski definition) is 1. The first-order valence-electron chi connectivity index (χ1n) is 11.1. The van der Waals surface area contributed by atoms with Gasteiger partial charge in [-0.05, 0) is 45.0 Å². The standard InChI is InChI=1S/C24H22ClF7N4O3/c1-20(2,3)34(4)36(35-18(38)19(35)39)21(25,22(26,23(27,28)29)24(30,31)32)15-11-8-12-16(13-15)33-17(37)14-9-6-5-7-10-14/h5-13H,1-4H3,(H,33,37). The lowest BCUT2D eigenvalue weighted by molar-refractivity contribution is -0.358. The number of carbonyl (C=O) groups is 1. The molecule has 0 spiro atoms. The summed E-state index contributed by atoms with van der Waals surface area (Å²) < 4.78 is 101. The number of amides is 1. The Morgan fingerprint density at radius 1 is 0.846 bits per heavy atom. The Hall–Kier alpha value is -3.39. The van der Waals surface area contributed by atoms with Crippen LogP contribution in [0.2, 0.25) is 0 Å². The lowest BCUT2D eigenvalue weighted by atomic mass is 9.87. The molecule has 7 nitrogen and oxygen atoms in total. The van der Waals surface area contributed by atoms with Gasteiger partial charge in [0.25, 0.3) is 5.91 Å². The molecule has 1 heterocycles. The average molecular weight is 583 g/mol. The first-order chi connectivity index (χ1) is 17.7. The molecule has 0 fully saturated rings. The summed E-state index contributed by atoms with van der Waals surface area (Å²) in [5, 5.41) is 2.73. The highest BCUT2D eigenvalue weighted by molar-refractivity contribution is 6.26. The van der Waals surface area contributed by atoms with Gasteiger partial charge in [-0.3, -0.25) is 14.4 Å². The van der Waals surface area contributed by atoms with E-state index in [-0.39, 0.29) is 21.0 Å². The van der Waals surface area contributed by atoms with Gasteiger partial charge in [-0.1, -0.05) is 41.9 Å². The highest BCUT2D eigenvalue weighted by Gasteiger charge is 2.85. The Labute approximate surface area is 222 Å². The van der Waals surface area contributed by atoms with Gasteiger partial charge in [0.2, 0.25) is 5.00 Å². The Morgan fingerprint density at radius 3 is 1.79 bits per heavy atom. The van der Waals surface area contributed by atoms with Crippen molar-refractivity contribution in [3.8, 4) is 0 Å². The first kappa shape index (κ1) is 30.2. The largest absolute Gasteiger partial charge is 0.435 e. The molecule has 212 valence electrons. The summed E-state index contributed by atoms with van der Waals surface area (Å²) in [5.74, 6) is -0.786. The molecule has 15 heteroatoms. The van der Waals surface area contributed by atoms with Crippen LogP contribution in [0.5, 0.6) is 0 Å². The fraction of sp³-hybridized carbons (Fsp3) is 0.375. The fourth-order valence-electron chi connectivity index (χ4n) is 3.65. The van der Waals surface area contributed by atoms with E-state index in [1.165, 1.54) is 45.0 Å². The van der Waals surface area contributed by atoms with E-state index < -0.39 is 51.1 Å². The van der Waals surface area contributed by atoms with Gasteiger partial charge in [0, 0.05) is 29.4 Å². The Kier molecular flexibility index (Phi) is 7.47. The van der Waals surface area contributed by atoms with Crippen molar-refractivity contribution in [2.75, 3.05) is 17.5 Å². The average Bonchev–Trinajstić information content (AvgIpc) is 3.41. The number of nitrogens with one attached hydrogen (secondary N) is 1. The summed E-state index contributed by atoms with van der Waals surface area (Å²) in [5.41, 5.74) is -12.1. The van der Waals surface area contributed by atoms with Gasteiger partial charge in [-0.25, -0.2) is 14.5 Å². The van der Waals surface area contributed by atoms with Gasteiger partial charge in [0.15, 0.2) is 0 Å². The minimum Gasteiger partial charge on any atom is -0.322 e. The molecule has 1 N–H and O–H groups in total. The summed E-state index contributed by atoms with van der Waals surface area (Å²) >= 11 is 6.21. The Balaban J connectivity index is 2.36. The van der Waals surface area contributed by atoms with Crippen molar-refractivity contribution < 1.29 is 35.5 Å². The predicted octanol–water partition coefficient (Wildman–Crippen LogP) is 4.84. The third kappa shape index (κ3) is 5.02. The monoisotopic (exact) mass is 582 g/mol. The SMILES string of the molecule is CN(N(n1c(=O)c1=O)C(Cl)(c1cccc(NC(=O)c2ccccc2)c1)C(F)(C(F)(F)F)C(F)(F)F)C(C)(C)C. The molecule has 0 aliphatic carbocycles. The number of benzene rings is 2. The molecule has 0 saturated heterocycles. The zero-order chi connectivity index (χ0) is 29.8. The van der Waals surface area contributed by atoms with Crippen molar-refractivity contribution in [2.24, 2.45) is 0 Å². The summed E-state index contributed by atoms with van der Waals surface area (Å²) in [7, 11) is 0.935. The quantitative estimate of drug-likeness (QED) is 0.142. The number of hydrogen-bond acceptors (Lipinski definition) is 5. The van der Waals surface area contributed by atoms with Crippen LogP contribution in [0, 0.1) is 0 Å². The maximum Gasteiger partial charge on any atom is 0.435 e. The number of carbonyl (C=O) groups excluding carboxylic acids is 1. The van der Waals surface area contributed by atoms with Crippen molar-refractivity contribution in [1.82, 2.24) is 9.69 Å². The van der Waals surface area contributed by atoms with Gasteiger partial charge in [-0.15, -0.1) is 0 Å². The molecular formula is C24H22ClF7N4O3. The lowest BCUT2D eigenvalue weighted by Crippen LogP contribution is -2.75. The normalized spacial score (nSPS) is 14.9. The van der Waals surface area contributed by atoms with Crippen molar-refractivity contribution >= 4 is 23.2 Å². The maximum absolute atomic E-state index is 16.1. The van der Waals surface area contributed by atoms with Crippen LogP contribution in [0.15, 0.2) is 64.2 Å². The van der Waals surface area contributed by atoms with E-state index in [2.05, 4.69) is 5.32 Å². The maximum atomic E-state index is 16.1. The van der Waals surface area contributed by atoms with Crippen molar-refractivity contribution in [3.05, 3.63) is 86.4 Å². The van der Waals surface area contributed by atoms with Crippen LogP contribution in [0.3, 0.4) is 0 Å². The summed E-state index contributed by atoms with van der Waals surface area (Å²) in [6.45, 7) is 3.94. The molecule has 1 unspecified atom stereocenters. The third-order valence-corrected chi connectivity index (χ3v) is 6.64. The number of rotatable bonds is 7. The van der Waals surface area contributed by atoms with Crippen molar-refractivity contribution in [1.29, 1.82) is 0 Å². The van der Waals surface area contributed by atoms with Crippen LogP contribution in [-0.2, 0) is 5.00 Å². The van der Waals surface area contributed by atoms with E-state index in [4.69, 9.17) is 11.6 Å². The first-order valence-corrected chi connectivity index (χ1v) is 11.5. The minimum atomic E-state index is -6.71. The molecule has 3 aromatic rings. The number of halogens is 8. The fourth-order valence-corrected chi connectivity index (χ4v) is 4.17. The summed E-state index contributed by atoms with van der Waals surface area (Å²) in [4.78, 5) is 32.4. The van der Waals surface area contributed by atoms with Crippen molar-refractivity contribution in [3.63, 3.8) is 0 Å². The van der Waals surface area contributed by atoms with Gasteiger partial charge in [-0.2, -0.15) is 31.0 Å². The second-order valence-electron chi connectivity index (χ2n) is 9.58. The van der Waals surface area contributed by atoms with Crippen LogP contribution in [0.4, 0.5) is 36.4 Å². The number of nitrogens with zero attached hydrogens (tertiary/aromatic N) is 3. The number of alkyl halides is 8. The number of aromatic nitrogens is 1. The zero-order valence-electron chi connectivity index (χ0n) is 20.8. The predicted molar refractivity (Wildman–Crippen MR) is 129 cm³/mol. The minimum absolute atomic E-state index is 0.0971.